The van der Waals surface area contributed by atoms with E-state index in [1.54, 1.807) is 0 Å². The first-order valence-electron chi connectivity index (χ1n) is 8.53. The average Bonchev–Trinajstić information content (AvgIpc) is 2.69. The molecule has 0 saturated heterocycles. The van der Waals surface area contributed by atoms with E-state index in [1.807, 2.05) is 0 Å². The van der Waals surface area contributed by atoms with E-state index in [9.17, 15) is 26.4 Å². The van der Waals surface area contributed by atoms with E-state index in [0.29, 0.717) is 0 Å². The quantitative estimate of drug-likeness (QED) is 0.618. The van der Waals surface area contributed by atoms with Crippen molar-refractivity contribution in [3.05, 3.63) is 59.7 Å². The highest BCUT2D eigenvalue weighted by molar-refractivity contribution is 7.91. The third-order valence-electron chi connectivity index (χ3n) is 3.87. The van der Waals surface area contributed by atoms with Crippen LogP contribution in [-0.4, -0.2) is 46.9 Å². The molecule has 0 spiro atoms. The summed E-state index contributed by atoms with van der Waals surface area (Å²) in [7, 11) is -2.07. The molecule has 0 saturated carbocycles. The summed E-state index contributed by atoms with van der Waals surface area (Å²) in [6.07, 6.45) is -4.41. The predicted octanol–water partition coefficient (Wildman–Crippen LogP) is 2.93. The molecule has 0 aliphatic rings. The number of nitrogens with one attached hydrogen (secondary N) is 1. The lowest BCUT2D eigenvalue weighted by Crippen LogP contribution is -2.28. The number of hydrogen-bond acceptors (Lipinski definition) is 5. The predicted molar refractivity (Wildman–Crippen MR) is 99.6 cm³/mol. The molecule has 158 valence electrons. The van der Waals surface area contributed by atoms with Crippen molar-refractivity contribution < 1.29 is 35.9 Å². The van der Waals surface area contributed by atoms with Crippen LogP contribution >= 0.6 is 0 Å². The molecule has 2 aromatic carbocycles. The number of carbonyl (C=O) groups is 1. The zero-order chi connectivity index (χ0) is 21.5. The fraction of sp³-hybridized carbons (Fsp3) is 0.316. The summed E-state index contributed by atoms with van der Waals surface area (Å²) >= 11 is 0. The van der Waals surface area contributed by atoms with Crippen molar-refractivity contribution in [1.82, 2.24) is 5.32 Å². The maximum atomic E-state index is 12.5. The average molecular weight is 431 g/mol. The normalized spacial score (nSPS) is 11.9. The van der Waals surface area contributed by atoms with Gasteiger partial charge in [0.2, 0.25) is 0 Å². The number of benzene rings is 2. The molecule has 0 bridgehead atoms. The van der Waals surface area contributed by atoms with Gasteiger partial charge < -0.3 is 14.8 Å². The lowest BCUT2D eigenvalue weighted by molar-refractivity contribution is -0.137. The highest BCUT2D eigenvalue weighted by Gasteiger charge is 2.30. The van der Waals surface area contributed by atoms with Gasteiger partial charge in [0.15, 0.2) is 9.84 Å². The Hall–Kier alpha value is -2.59. The summed E-state index contributed by atoms with van der Waals surface area (Å²) in [6, 6.07) is 9.71. The maximum absolute atomic E-state index is 12.5. The van der Waals surface area contributed by atoms with Crippen LogP contribution in [0.2, 0.25) is 0 Å². The fourth-order valence-corrected chi connectivity index (χ4v) is 3.47. The molecule has 2 aromatic rings. The van der Waals surface area contributed by atoms with E-state index in [1.165, 1.54) is 43.5 Å². The van der Waals surface area contributed by atoms with Crippen molar-refractivity contribution >= 4 is 15.7 Å². The monoisotopic (exact) mass is 431 g/mol. The van der Waals surface area contributed by atoms with E-state index in [4.69, 9.17) is 9.47 Å². The molecule has 1 amide bonds. The molecule has 0 heterocycles. The van der Waals surface area contributed by atoms with Gasteiger partial charge in [0.1, 0.15) is 12.4 Å². The number of sulfone groups is 1. The van der Waals surface area contributed by atoms with Crippen molar-refractivity contribution in [3.8, 4) is 5.75 Å². The van der Waals surface area contributed by atoms with E-state index in [-0.39, 0.29) is 41.7 Å². The summed E-state index contributed by atoms with van der Waals surface area (Å²) in [5.41, 5.74) is -0.504. The summed E-state index contributed by atoms with van der Waals surface area (Å²) in [5.74, 6) is -0.337. The highest BCUT2D eigenvalue weighted by atomic mass is 32.2. The number of carbonyl (C=O) groups excluding carboxylic acids is 1. The first-order valence-corrected chi connectivity index (χ1v) is 10.2. The van der Waals surface area contributed by atoms with E-state index in [2.05, 4.69) is 5.32 Å². The first-order chi connectivity index (χ1) is 13.6. The highest BCUT2D eigenvalue weighted by Crippen LogP contribution is 2.30. The van der Waals surface area contributed by atoms with Gasteiger partial charge in [-0.15, -0.1) is 0 Å². The van der Waals surface area contributed by atoms with Crippen LogP contribution in [-0.2, 0) is 20.8 Å². The standard InChI is InChI=1S/C19H20F3NO5S/c1-27-12-13-29(25,26)17-8-2-14(3-9-17)18(24)23-10-11-28-16-6-4-15(5-7-16)19(20,21)22/h2-9H,10-13H2,1H3,(H,23,24). The topological polar surface area (TPSA) is 81.7 Å². The summed E-state index contributed by atoms with van der Waals surface area (Å²) < 4.78 is 71.6. The molecule has 0 radical (unpaired) electrons. The van der Waals surface area contributed by atoms with Gasteiger partial charge in [0, 0.05) is 12.7 Å². The first kappa shape index (κ1) is 22.7. The molecule has 0 fully saturated rings. The minimum atomic E-state index is -4.41. The molecular weight excluding hydrogens is 411 g/mol. The van der Waals surface area contributed by atoms with Gasteiger partial charge in [-0.25, -0.2) is 8.42 Å². The number of halogens is 3. The number of amides is 1. The Morgan fingerprint density at radius 2 is 1.62 bits per heavy atom. The molecule has 1 N–H and O–H groups in total. The molecule has 0 aromatic heterocycles. The second kappa shape index (κ2) is 9.75. The van der Waals surface area contributed by atoms with Crippen LogP contribution < -0.4 is 10.1 Å². The second-order valence-corrected chi connectivity index (χ2v) is 8.07. The van der Waals surface area contributed by atoms with E-state index < -0.39 is 27.5 Å². The van der Waals surface area contributed by atoms with Crippen LogP contribution in [0.25, 0.3) is 0 Å². The van der Waals surface area contributed by atoms with Crippen molar-refractivity contribution in [2.45, 2.75) is 11.1 Å². The fourth-order valence-electron chi connectivity index (χ4n) is 2.30. The Labute approximate surface area is 166 Å². The lowest BCUT2D eigenvalue weighted by Gasteiger charge is -2.10. The molecule has 0 atom stereocenters. The van der Waals surface area contributed by atoms with Gasteiger partial charge in [0.05, 0.1) is 29.4 Å². The third kappa shape index (κ3) is 6.75. The van der Waals surface area contributed by atoms with Gasteiger partial charge in [0.25, 0.3) is 5.91 Å². The Bertz CT molecular complexity index is 910. The van der Waals surface area contributed by atoms with E-state index in [0.717, 1.165) is 12.1 Å². The van der Waals surface area contributed by atoms with Crippen molar-refractivity contribution in [3.63, 3.8) is 0 Å². The zero-order valence-corrected chi connectivity index (χ0v) is 16.3. The number of rotatable bonds is 9. The van der Waals surface area contributed by atoms with Crippen LogP contribution in [0.3, 0.4) is 0 Å². The van der Waals surface area contributed by atoms with Crippen LogP contribution in [0.15, 0.2) is 53.4 Å². The minimum absolute atomic E-state index is 0.0561. The maximum Gasteiger partial charge on any atom is 0.416 e. The number of alkyl halides is 3. The SMILES string of the molecule is COCCS(=O)(=O)c1ccc(C(=O)NCCOc2ccc(C(F)(F)F)cc2)cc1. The van der Waals surface area contributed by atoms with Gasteiger partial charge in [-0.1, -0.05) is 0 Å². The number of ether oxygens (including phenoxy) is 2. The van der Waals surface area contributed by atoms with Crippen molar-refractivity contribution in [2.75, 3.05) is 32.6 Å². The van der Waals surface area contributed by atoms with Crippen molar-refractivity contribution in [2.24, 2.45) is 0 Å². The summed E-state index contributed by atoms with van der Waals surface area (Å²) in [6.45, 7) is 0.248. The molecule has 29 heavy (non-hydrogen) atoms. The van der Waals surface area contributed by atoms with Gasteiger partial charge in [-0.2, -0.15) is 13.2 Å². The molecule has 6 nitrogen and oxygen atoms in total. The molecule has 0 aliphatic carbocycles. The second-order valence-electron chi connectivity index (χ2n) is 5.96. The van der Waals surface area contributed by atoms with Crippen LogP contribution in [0, 0.1) is 0 Å². The molecular formula is C19H20F3NO5S. The Balaban J connectivity index is 1.82. The molecule has 2 rings (SSSR count). The van der Waals surface area contributed by atoms with Crippen LogP contribution in [0.5, 0.6) is 5.75 Å². The Morgan fingerprint density at radius 1 is 1.00 bits per heavy atom. The van der Waals surface area contributed by atoms with Crippen LogP contribution in [0.1, 0.15) is 15.9 Å². The largest absolute Gasteiger partial charge is 0.492 e. The Kier molecular flexibility index (Phi) is 7.63. The smallest absolute Gasteiger partial charge is 0.416 e. The summed E-state index contributed by atoms with van der Waals surface area (Å²) in [5, 5.41) is 2.58. The minimum Gasteiger partial charge on any atom is -0.492 e. The van der Waals surface area contributed by atoms with Gasteiger partial charge in [-0.3, -0.25) is 4.79 Å². The third-order valence-corrected chi connectivity index (χ3v) is 5.56. The molecule has 0 unspecified atom stereocenters. The van der Waals surface area contributed by atoms with Gasteiger partial charge >= 0.3 is 6.18 Å². The molecule has 0 aliphatic heterocycles. The van der Waals surface area contributed by atoms with Crippen LogP contribution in [0.4, 0.5) is 13.2 Å². The lowest BCUT2D eigenvalue weighted by atomic mass is 10.2. The number of methoxy groups -OCH3 is 1. The Morgan fingerprint density at radius 3 is 2.17 bits per heavy atom. The van der Waals surface area contributed by atoms with E-state index >= 15 is 0 Å². The molecule has 10 heteroatoms. The van der Waals surface area contributed by atoms with Crippen molar-refractivity contribution in [1.29, 1.82) is 0 Å². The number of hydrogen-bond donors (Lipinski definition) is 1. The zero-order valence-electron chi connectivity index (χ0n) is 15.5. The summed E-state index contributed by atoms with van der Waals surface area (Å²) in [4.78, 5) is 12.2. The van der Waals surface area contributed by atoms with Gasteiger partial charge in [-0.05, 0) is 48.5 Å².